The van der Waals surface area contributed by atoms with Crippen LogP contribution in [0.3, 0.4) is 0 Å². The zero-order valence-electron chi connectivity index (χ0n) is 16.3. The Kier molecular flexibility index (Phi) is 5.63. The van der Waals surface area contributed by atoms with Crippen LogP contribution < -0.4 is 9.80 Å². The summed E-state index contributed by atoms with van der Waals surface area (Å²) in [5.74, 6) is -3.90. The lowest BCUT2D eigenvalue weighted by molar-refractivity contribution is -0.142. The first-order chi connectivity index (χ1) is 13.7. The lowest BCUT2D eigenvalue weighted by atomic mass is 10.0. The number of carbonyl (C=O) groups is 3. The van der Waals surface area contributed by atoms with E-state index in [2.05, 4.69) is 0 Å². The van der Waals surface area contributed by atoms with Crippen LogP contribution in [-0.2, 0) is 14.3 Å². The number of benzene rings is 2. The minimum atomic E-state index is -1.15. The van der Waals surface area contributed by atoms with Crippen LogP contribution in [0.1, 0.15) is 28.4 Å². The molecule has 0 bridgehead atoms. The van der Waals surface area contributed by atoms with Crippen molar-refractivity contribution in [3.63, 3.8) is 0 Å². The summed E-state index contributed by atoms with van der Waals surface area (Å²) in [5.41, 5.74) is 2.45. The second-order valence-electron chi connectivity index (χ2n) is 6.73. The normalized spacial score (nSPS) is 13.3. The summed E-state index contributed by atoms with van der Waals surface area (Å²) in [7, 11) is 0. The number of halogens is 2. The predicted molar refractivity (Wildman–Crippen MR) is 103 cm³/mol. The van der Waals surface area contributed by atoms with E-state index in [1.807, 2.05) is 13.8 Å². The average molecular weight is 402 g/mol. The lowest BCUT2D eigenvalue weighted by Gasteiger charge is -2.36. The van der Waals surface area contributed by atoms with Crippen molar-refractivity contribution in [2.24, 2.45) is 0 Å². The van der Waals surface area contributed by atoms with Crippen molar-refractivity contribution in [1.29, 1.82) is 0 Å². The minimum absolute atomic E-state index is 0.0836. The van der Waals surface area contributed by atoms with Gasteiger partial charge in [0.2, 0.25) is 5.91 Å². The van der Waals surface area contributed by atoms with Gasteiger partial charge in [0.15, 0.2) is 11.6 Å². The fourth-order valence-corrected chi connectivity index (χ4v) is 3.13. The Morgan fingerprint density at radius 3 is 2.31 bits per heavy atom. The molecule has 0 radical (unpaired) electrons. The molecule has 0 saturated carbocycles. The highest BCUT2D eigenvalue weighted by molar-refractivity contribution is 6.16. The molecule has 0 spiro atoms. The van der Waals surface area contributed by atoms with Gasteiger partial charge in [0.1, 0.15) is 13.1 Å². The smallest absolute Gasteiger partial charge is 0.326 e. The Bertz CT molecular complexity index is 1010. The first-order valence-electron chi connectivity index (χ1n) is 9.07. The third-order valence-electron chi connectivity index (χ3n) is 4.77. The first kappa shape index (κ1) is 20.4. The van der Waals surface area contributed by atoms with E-state index in [0.29, 0.717) is 11.4 Å². The molecule has 1 aliphatic heterocycles. The Morgan fingerprint density at radius 2 is 1.69 bits per heavy atom. The average Bonchev–Trinajstić information content (AvgIpc) is 2.67. The zero-order valence-corrected chi connectivity index (χ0v) is 16.3. The summed E-state index contributed by atoms with van der Waals surface area (Å²) in [6, 6.07) is 6.27. The number of esters is 1. The molecule has 29 heavy (non-hydrogen) atoms. The Balaban J connectivity index is 2.05. The van der Waals surface area contributed by atoms with E-state index in [4.69, 9.17) is 4.74 Å². The molecule has 3 rings (SSSR count). The Morgan fingerprint density at radius 1 is 1.03 bits per heavy atom. The van der Waals surface area contributed by atoms with Crippen molar-refractivity contribution >= 4 is 29.2 Å². The predicted octanol–water partition coefficient (Wildman–Crippen LogP) is 3.14. The number of amides is 2. The lowest BCUT2D eigenvalue weighted by Crippen LogP contribution is -2.50. The van der Waals surface area contributed by atoms with Crippen molar-refractivity contribution in [3.8, 4) is 0 Å². The molecular weight excluding hydrogens is 382 g/mol. The van der Waals surface area contributed by atoms with Crippen LogP contribution in [0.5, 0.6) is 0 Å². The van der Waals surface area contributed by atoms with E-state index < -0.39 is 29.4 Å². The highest BCUT2D eigenvalue weighted by Gasteiger charge is 2.35. The maximum Gasteiger partial charge on any atom is 0.326 e. The van der Waals surface area contributed by atoms with Crippen LogP contribution in [0.4, 0.5) is 20.2 Å². The monoisotopic (exact) mass is 402 g/mol. The molecule has 0 unspecified atom stereocenters. The Hall–Kier alpha value is -3.29. The molecule has 0 fully saturated rings. The number of rotatable bonds is 4. The molecule has 1 aliphatic rings. The van der Waals surface area contributed by atoms with E-state index >= 15 is 0 Å². The van der Waals surface area contributed by atoms with Crippen LogP contribution in [0.25, 0.3) is 0 Å². The zero-order chi connectivity index (χ0) is 21.3. The number of hydrogen-bond acceptors (Lipinski definition) is 4. The number of nitrogens with zero attached hydrogens (tertiary/aromatic N) is 2. The summed E-state index contributed by atoms with van der Waals surface area (Å²) < 4.78 is 31.8. The SMILES string of the molecule is CCOC(=O)CN1C(=O)CN(C(=O)c2ccc(F)c(F)c2)c2cc(C)c(C)cc21. The summed E-state index contributed by atoms with van der Waals surface area (Å²) in [4.78, 5) is 40.2. The Labute approximate surface area is 166 Å². The number of anilines is 2. The molecule has 8 heteroatoms. The number of fused-ring (bicyclic) bond motifs is 1. The minimum Gasteiger partial charge on any atom is -0.465 e. The van der Waals surface area contributed by atoms with Gasteiger partial charge in [-0.1, -0.05) is 0 Å². The van der Waals surface area contributed by atoms with Crippen molar-refractivity contribution in [2.45, 2.75) is 20.8 Å². The standard InChI is InChI=1S/C21H20F2N2O4/c1-4-29-20(27)11-24-17-7-12(2)13(3)8-18(17)25(10-19(24)26)21(28)14-5-6-15(22)16(23)9-14/h5-9H,4,10-11H2,1-3H3. The number of ether oxygens (including phenoxy) is 1. The van der Waals surface area contributed by atoms with Gasteiger partial charge in [-0.3, -0.25) is 24.2 Å². The van der Waals surface area contributed by atoms with Crippen LogP contribution in [0.15, 0.2) is 30.3 Å². The van der Waals surface area contributed by atoms with Crippen LogP contribution in [0, 0.1) is 25.5 Å². The molecule has 0 saturated heterocycles. The molecule has 2 amide bonds. The quantitative estimate of drug-likeness (QED) is 0.737. The van der Waals surface area contributed by atoms with Gasteiger partial charge in [-0.25, -0.2) is 8.78 Å². The third kappa shape index (κ3) is 3.96. The second kappa shape index (κ2) is 7.98. The van der Waals surface area contributed by atoms with E-state index in [1.165, 1.54) is 9.80 Å². The molecule has 6 nitrogen and oxygen atoms in total. The molecule has 0 atom stereocenters. The number of carbonyl (C=O) groups excluding carboxylic acids is 3. The molecule has 2 aromatic rings. The van der Waals surface area contributed by atoms with E-state index in [-0.39, 0.29) is 25.3 Å². The van der Waals surface area contributed by atoms with Crippen LogP contribution in [0.2, 0.25) is 0 Å². The summed E-state index contributed by atoms with van der Waals surface area (Å²) >= 11 is 0. The van der Waals surface area contributed by atoms with Crippen molar-refractivity contribution < 1.29 is 27.9 Å². The van der Waals surface area contributed by atoms with Gasteiger partial charge in [0.05, 0.1) is 18.0 Å². The topological polar surface area (TPSA) is 66.9 Å². The molecule has 1 heterocycles. The van der Waals surface area contributed by atoms with Gasteiger partial charge in [0.25, 0.3) is 5.91 Å². The summed E-state index contributed by atoms with van der Waals surface area (Å²) in [6.07, 6.45) is 0. The second-order valence-corrected chi connectivity index (χ2v) is 6.73. The maximum atomic E-state index is 13.6. The molecular formula is C21H20F2N2O4. The molecule has 0 aliphatic carbocycles. The fraction of sp³-hybridized carbons (Fsp3) is 0.286. The van der Waals surface area contributed by atoms with Gasteiger partial charge in [-0.2, -0.15) is 0 Å². The fourth-order valence-electron chi connectivity index (χ4n) is 3.13. The van der Waals surface area contributed by atoms with E-state index in [9.17, 15) is 23.2 Å². The van der Waals surface area contributed by atoms with Crippen molar-refractivity contribution in [2.75, 3.05) is 29.5 Å². The van der Waals surface area contributed by atoms with Gasteiger partial charge in [-0.05, 0) is 62.2 Å². The maximum absolute atomic E-state index is 13.6. The first-order valence-corrected chi connectivity index (χ1v) is 9.07. The van der Waals surface area contributed by atoms with E-state index in [1.54, 1.807) is 19.1 Å². The van der Waals surface area contributed by atoms with Gasteiger partial charge in [0, 0.05) is 5.56 Å². The van der Waals surface area contributed by atoms with E-state index in [0.717, 1.165) is 29.3 Å². The number of aryl methyl sites for hydroxylation is 2. The highest BCUT2D eigenvalue weighted by atomic mass is 19.2. The summed E-state index contributed by atoms with van der Waals surface area (Å²) in [6.45, 7) is 4.92. The van der Waals surface area contributed by atoms with Crippen LogP contribution >= 0.6 is 0 Å². The highest BCUT2D eigenvalue weighted by Crippen LogP contribution is 2.37. The molecule has 152 valence electrons. The van der Waals surface area contributed by atoms with Gasteiger partial charge < -0.3 is 4.74 Å². The third-order valence-corrected chi connectivity index (χ3v) is 4.77. The summed E-state index contributed by atoms with van der Waals surface area (Å²) in [5, 5.41) is 0. The largest absolute Gasteiger partial charge is 0.465 e. The van der Waals surface area contributed by atoms with Crippen molar-refractivity contribution in [3.05, 3.63) is 58.7 Å². The van der Waals surface area contributed by atoms with Gasteiger partial charge >= 0.3 is 5.97 Å². The molecule has 0 N–H and O–H groups in total. The number of hydrogen-bond donors (Lipinski definition) is 0. The van der Waals surface area contributed by atoms with Crippen LogP contribution in [-0.4, -0.2) is 37.5 Å². The molecule has 2 aromatic carbocycles. The van der Waals surface area contributed by atoms with Crippen molar-refractivity contribution in [1.82, 2.24) is 0 Å². The van der Waals surface area contributed by atoms with Gasteiger partial charge in [-0.15, -0.1) is 0 Å². The molecule has 0 aromatic heterocycles.